The van der Waals surface area contributed by atoms with E-state index in [1.165, 1.54) is 25.7 Å². The van der Waals surface area contributed by atoms with E-state index in [4.69, 9.17) is 29.6 Å². The largest absolute Gasteiger partial charge is 0.389 e. The van der Waals surface area contributed by atoms with Crippen molar-refractivity contribution in [3.63, 3.8) is 0 Å². The van der Waals surface area contributed by atoms with E-state index in [0.717, 1.165) is 23.7 Å². The van der Waals surface area contributed by atoms with Crippen LogP contribution in [-0.4, -0.2) is 11.5 Å². The van der Waals surface area contributed by atoms with Crippen LogP contribution in [0.2, 0.25) is 5.02 Å². The number of nitrogens with two attached hydrogens (primary N) is 1. The Kier molecular flexibility index (Phi) is 2.99. The first kappa shape index (κ1) is 12.2. The highest BCUT2D eigenvalue weighted by molar-refractivity contribution is 7.80. The van der Waals surface area contributed by atoms with Crippen molar-refractivity contribution in [2.24, 2.45) is 17.1 Å². The van der Waals surface area contributed by atoms with Gasteiger partial charge in [0.2, 0.25) is 0 Å². The Morgan fingerprint density at radius 2 is 2.17 bits per heavy atom. The summed E-state index contributed by atoms with van der Waals surface area (Å²) in [4.78, 5) is 0.361. The van der Waals surface area contributed by atoms with Gasteiger partial charge < -0.3 is 11.1 Å². The molecule has 3 N–H and O–H groups in total. The molecule has 2 aliphatic rings. The molecule has 0 aliphatic heterocycles. The highest BCUT2D eigenvalue weighted by Crippen LogP contribution is 2.61. The topological polar surface area (TPSA) is 38.0 Å². The molecule has 0 aromatic heterocycles. The molecule has 0 amide bonds. The van der Waals surface area contributed by atoms with Crippen molar-refractivity contribution in [1.29, 1.82) is 0 Å². The second-order valence-electron chi connectivity index (χ2n) is 5.52. The van der Waals surface area contributed by atoms with Crippen LogP contribution < -0.4 is 11.1 Å². The normalized spacial score (nSPS) is 20.5. The SMILES string of the molecule is NC(=S)c1c(Cl)cccc1NCC1(C2CC2)CC1. The van der Waals surface area contributed by atoms with E-state index in [-0.39, 0.29) is 0 Å². The number of hydrogen-bond acceptors (Lipinski definition) is 2. The second kappa shape index (κ2) is 4.39. The molecule has 2 aliphatic carbocycles. The Morgan fingerprint density at radius 1 is 1.44 bits per heavy atom. The quantitative estimate of drug-likeness (QED) is 0.810. The van der Waals surface area contributed by atoms with Gasteiger partial charge in [-0.3, -0.25) is 0 Å². The van der Waals surface area contributed by atoms with Gasteiger partial charge in [0.15, 0.2) is 0 Å². The minimum atomic E-state index is 0.361. The van der Waals surface area contributed by atoms with E-state index in [9.17, 15) is 0 Å². The summed E-state index contributed by atoms with van der Waals surface area (Å²) in [7, 11) is 0. The van der Waals surface area contributed by atoms with E-state index < -0.39 is 0 Å². The predicted molar refractivity (Wildman–Crippen MR) is 80.2 cm³/mol. The van der Waals surface area contributed by atoms with Crippen molar-refractivity contribution in [2.75, 3.05) is 11.9 Å². The van der Waals surface area contributed by atoms with Gasteiger partial charge in [0.05, 0.1) is 10.6 Å². The van der Waals surface area contributed by atoms with Crippen molar-refractivity contribution in [1.82, 2.24) is 0 Å². The molecule has 0 heterocycles. The van der Waals surface area contributed by atoms with Gasteiger partial charge in [-0.25, -0.2) is 0 Å². The third-order valence-corrected chi connectivity index (χ3v) is 4.75. The second-order valence-corrected chi connectivity index (χ2v) is 6.36. The molecule has 2 fully saturated rings. The number of benzene rings is 1. The van der Waals surface area contributed by atoms with Crippen LogP contribution >= 0.6 is 23.8 Å². The first-order valence-electron chi connectivity index (χ1n) is 6.45. The number of rotatable bonds is 5. The average Bonchev–Trinajstić information content (AvgIpc) is 3.17. The van der Waals surface area contributed by atoms with Gasteiger partial charge in [0.1, 0.15) is 4.99 Å². The monoisotopic (exact) mass is 280 g/mol. The van der Waals surface area contributed by atoms with E-state index >= 15 is 0 Å². The third-order valence-electron chi connectivity index (χ3n) is 4.23. The fraction of sp³-hybridized carbons (Fsp3) is 0.500. The molecule has 3 rings (SSSR count). The van der Waals surface area contributed by atoms with Crippen molar-refractivity contribution < 1.29 is 0 Å². The molecule has 96 valence electrons. The van der Waals surface area contributed by atoms with Gasteiger partial charge >= 0.3 is 0 Å². The van der Waals surface area contributed by atoms with Gasteiger partial charge in [-0.05, 0) is 49.1 Å². The Hall–Kier alpha value is -0.800. The Balaban J connectivity index is 1.76. The summed E-state index contributed by atoms with van der Waals surface area (Å²) in [5.74, 6) is 0.942. The Morgan fingerprint density at radius 3 is 2.72 bits per heavy atom. The van der Waals surface area contributed by atoms with Gasteiger partial charge in [0, 0.05) is 12.2 Å². The van der Waals surface area contributed by atoms with E-state index in [0.29, 0.717) is 15.4 Å². The minimum absolute atomic E-state index is 0.361. The molecule has 1 aromatic rings. The maximum absolute atomic E-state index is 6.16. The number of thiocarbonyl (C=S) groups is 1. The third kappa shape index (κ3) is 2.21. The van der Waals surface area contributed by atoms with Crippen LogP contribution in [0, 0.1) is 11.3 Å². The van der Waals surface area contributed by atoms with E-state index in [1.807, 2.05) is 18.2 Å². The fourth-order valence-corrected chi connectivity index (χ4v) is 3.33. The summed E-state index contributed by atoms with van der Waals surface area (Å²) in [6, 6.07) is 5.77. The molecule has 4 heteroatoms. The minimum Gasteiger partial charge on any atom is -0.389 e. The molecular formula is C14H17ClN2S. The van der Waals surface area contributed by atoms with Crippen LogP contribution in [-0.2, 0) is 0 Å². The van der Waals surface area contributed by atoms with Gasteiger partial charge in [-0.15, -0.1) is 0 Å². The first-order valence-corrected chi connectivity index (χ1v) is 7.23. The predicted octanol–water partition coefficient (Wildman–Crippen LogP) is 3.58. The summed E-state index contributed by atoms with van der Waals surface area (Å²) < 4.78 is 0. The van der Waals surface area contributed by atoms with Gasteiger partial charge in [-0.1, -0.05) is 29.9 Å². The maximum atomic E-state index is 6.16. The molecule has 2 saturated carbocycles. The highest BCUT2D eigenvalue weighted by atomic mass is 35.5. The van der Waals surface area contributed by atoms with E-state index in [2.05, 4.69) is 5.32 Å². The van der Waals surface area contributed by atoms with Crippen LogP contribution in [0.25, 0.3) is 0 Å². The smallest absolute Gasteiger partial charge is 0.107 e. The standard InChI is InChI=1S/C14H17ClN2S/c15-10-2-1-3-11(12(10)13(16)18)17-8-14(6-7-14)9-4-5-9/h1-3,9,17H,4-8H2,(H2,16,18). The lowest BCUT2D eigenvalue weighted by Crippen LogP contribution is -2.20. The molecular weight excluding hydrogens is 264 g/mol. The van der Waals surface area contributed by atoms with Crippen LogP contribution in [0.1, 0.15) is 31.2 Å². The van der Waals surface area contributed by atoms with Crippen molar-refractivity contribution in [2.45, 2.75) is 25.7 Å². The Bertz CT molecular complexity index is 493. The van der Waals surface area contributed by atoms with Crippen LogP contribution in [0.5, 0.6) is 0 Å². The fourth-order valence-electron chi connectivity index (χ4n) is 2.78. The first-order chi connectivity index (χ1) is 8.62. The lowest BCUT2D eigenvalue weighted by atomic mass is 10.0. The molecule has 0 atom stereocenters. The number of nitrogens with one attached hydrogen (secondary N) is 1. The molecule has 0 bridgehead atoms. The molecule has 0 spiro atoms. The number of halogens is 1. The zero-order chi connectivity index (χ0) is 12.8. The molecule has 1 aromatic carbocycles. The lowest BCUT2D eigenvalue weighted by Gasteiger charge is -2.18. The summed E-state index contributed by atoms with van der Waals surface area (Å²) in [6.45, 7) is 1.02. The molecule has 0 radical (unpaired) electrons. The maximum Gasteiger partial charge on any atom is 0.107 e. The summed E-state index contributed by atoms with van der Waals surface area (Å²) in [5.41, 5.74) is 8.05. The van der Waals surface area contributed by atoms with Crippen molar-refractivity contribution >= 4 is 34.5 Å². The Labute approximate surface area is 118 Å². The summed E-state index contributed by atoms with van der Waals surface area (Å²) >= 11 is 11.2. The number of anilines is 1. The lowest BCUT2D eigenvalue weighted by molar-refractivity contribution is 0.467. The van der Waals surface area contributed by atoms with Crippen LogP contribution in [0.4, 0.5) is 5.69 Å². The van der Waals surface area contributed by atoms with Crippen LogP contribution in [0.15, 0.2) is 18.2 Å². The average molecular weight is 281 g/mol. The molecule has 2 nitrogen and oxygen atoms in total. The zero-order valence-electron chi connectivity index (χ0n) is 10.2. The molecule has 0 saturated heterocycles. The zero-order valence-corrected chi connectivity index (χ0v) is 11.8. The molecule has 18 heavy (non-hydrogen) atoms. The summed E-state index contributed by atoms with van der Waals surface area (Å²) in [6.07, 6.45) is 5.51. The number of hydrogen-bond donors (Lipinski definition) is 2. The van der Waals surface area contributed by atoms with Gasteiger partial charge in [-0.2, -0.15) is 0 Å². The van der Waals surface area contributed by atoms with Crippen LogP contribution in [0.3, 0.4) is 0 Å². The highest BCUT2D eigenvalue weighted by Gasteiger charge is 2.53. The van der Waals surface area contributed by atoms with Crippen molar-refractivity contribution in [3.8, 4) is 0 Å². The van der Waals surface area contributed by atoms with Crippen molar-refractivity contribution in [3.05, 3.63) is 28.8 Å². The van der Waals surface area contributed by atoms with E-state index in [1.54, 1.807) is 0 Å². The molecule has 0 unspecified atom stereocenters. The summed E-state index contributed by atoms with van der Waals surface area (Å²) in [5, 5.41) is 4.14. The van der Waals surface area contributed by atoms with Gasteiger partial charge in [0.25, 0.3) is 0 Å².